The molecule has 2 amide bonds. The molecule has 1 saturated carbocycles. The Kier molecular flexibility index (Phi) is 6.87. The molecule has 1 aliphatic carbocycles. The summed E-state index contributed by atoms with van der Waals surface area (Å²) in [5.74, 6) is 0.634. The van der Waals surface area contributed by atoms with Gasteiger partial charge in [0.2, 0.25) is 0 Å². The molecule has 0 bridgehead atoms. The predicted molar refractivity (Wildman–Crippen MR) is 110 cm³/mol. The van der Waals surface area contributed by atoms with Gasteiger partial charge in [-0.3, -0.25) is 5.10 Å². The number of carbonyl (C=O) groups is 1. The van der Waals surface area contributed by atoms with Gasteiger partial charge in [-0.05, 0) is 50.6 Å². The van der Waals surface area contributed by atoms with Crippen LogP contribution < -0.4 is 5.32 Å². The van der Waals surface area contributed by atoms with E-state index in [1.165, 1.54) is 32.1 Å². The van der Waals surface area contributed by atoms with Crippen molar-refractivity contribution in [2.45, 2.75) is 32.1 Å². The summed E-state index contributed by atoms with van der Waals surface area (Å²) in [5, 5.41) is 9.87. The lowest BCUT2D eigenvalue weighted by Gasteiger charge is -2.30. The second kappa shape index (κ2) is 9.55. The van der Waals surface area contributed by atoms with Gasteiger partial charge >= 0.3 is 6.03 Å². The molecular formula is C21H31N5O. The average molecular weight is 370 g/mol. The summed E-state index contributed by atoms with van der Waals surface area (Å²) in [6, 6.07) is 7.91. The van der Waals surface area contributed by atoms with Crippen LogP contribution in [0, 0.1) is 5.92 Å². The summed E-state index contributed by atoms with van der Waals surface area (Å²) in [5.41, 5.74) is 2.94. The van der Waals surface area contributed by atoms with Gasteiger partial charge in [0.05, 0.1) is 6.20 Å². The summed E-state index contributed by atoms with van der Waals surface area (Å²) >= 11 is 0. The number of benzene rings is 1. The number of rotatable bonds is 7. The molecule has 2 aromatic rings. The first kappa shape index (κ1) is 19.4. The van der Waals surface area contributed by atoms with Crippen LogP contribution in [-0.4, -0.2) is 59.8 Å². The summed E-state index contributed by atoms with van der Waals surface area (Å²) in [7, 11) is 4.09. The zero-order chi connectivity index (χ0) is 19.1. The maximum absolute atomic E-state index is 12.9. The first-order valence-electron chi connectivity index (χ1n) is 9.91. The van der Waals surface area contributed by atoms with E-state index in [4.69, 9.17) is 0 Å². The molecule has 0 atom stereocenters. The minimum absolute atomic E-state index is 0.00140. The molecule has 27 heavy (non-hydrogen) atoms. The van der Waals surface area contributed by atoms with Crippen molar-refractivity contribution in [3.8, 4) is 11.1 Å². The van der Waals surface area contributed by atoms with Crippen molar-refractivity contribution >= 4 is 11.7 Å². The Bertz CT molecular complexity index is 690. The van der Waals surface area contributed by atoms with E-state index in [1.54, 1.807) is 6.20 Å². The summed E-state index contributed by atoms with van der Waals surface area (Å²) in [6.45, 7) is 2.48. The Morgan fingerprint density at radius 3 is 2.48 bits per heavy atom. The number of amides is 2. The third-order valence-electron chi connectivity index (χ3n) is 5.28. The third kappa shape index (κ3) is 5.82. The van der Waals surface area contributed by atoms with Crippen LogP contribution in [0.3, 0.4) is 0 Å². The summed E-state index contributed by atoms with van der Waals surface area (Å²) in [4.78, 5) is 17.0. The van der Waals surface area contributed by atoms with Gasteiger partial charge in [-0.25, -0.2) is 4.79 Å². The SMILES string of the molecule is CN(C)CCN(CC1CCCCC1)C(=O)Nc1ccc(-c2cn[nH]c2)cc1. The highest BCUT2D eigenvalue weighted by Gasteiger charge is 2.21. The van der Waals surface area contributed by atoms with E-state index in [0.717, 1.165) is 36.4 Å². The zero-order valence-electron chi connectivity index (χ0n) is 16.4. The number of nitrogens with zero attached hydrogens (tertiary/aromatic N) is 3. The minimum Gasteiger partial charge on any atom is -0.323 e. The van der Waals surface area contributed by atoms with Crippen LogP contribution in [0.5, 0.6) is 0 Å². The van der Waals surface area contributed by atoms with E-state index in [2.05, 4.69) is 20.4 Å². The van der Waals surface area contributed by atoms with Crippen molar-refractivity contribution in [1.29, 1.82) is 0 Å². The topological polar surface area (TPSA) is 64.3 Å². The number of carbonyl (C=O) groups excluding carboxylic acids is 1. The van der Waals surface area contributed by atoms with E-state index >= 15 is 0 Å². The molecule has 1 aliphatic rings. The molecule has 0 unspecified atom stereocenters. The lowest BCUT2D eigenvalue weighted by Crippen LogP contribution is -2.42. The van der Waals surface area contributed by atoms with Gasteiger partial charge in [0, 0.05) is 37.1 Å². The van der Waals surface area contributed by atoms with Crippen LogP contribution in [0.2, 0.25) is 0 Å². The fourth-order valence-corrected chi connectivity index (χ4v) is 3.64. The molecule has 6 nitrogen and oxygen atoms in total. The molecule has 1 heterocycles. The van der Waals surface area contributed by atoms with Gasteiger partial charge in [0.1, 0.15) is 0 Å². The van der Waals surface area contributed by atoms with Gasteiger partial charge in [-0.2, -0.15) is 5.10 Å². The van der Waals surface area contributed by atoms with E-state index in [0.29, 0.717) is 5.92 Å². The molecule has 1 aromatic carbocycles. The number of likely N-dealkylation sites (N-methyl/N-ethyl adjacent to an activating group) is 1. The summed E-state index contributed by atoms with van der Waals surface area (Å²) in [6.07, 6.45) is 10.1. The number of hydrogen-bond acceptors (Lipinski definition) is 3. The third-order valence-corrected chi connectivity index (χ3v) is 5.28. The number of nitrogens with one attached hydrogen (secondary N) is 2. The minimum atomic E-state index is -0.00140. The standard InChI is InChI=1S/C21H31N5O/c1-25(2)12-13-26(16-17-6-4-3-5-7-17)21(27)24-20-10-8-18(9-11-20)19-14-22-23-15-19/h8-11,14-15,17H,3-7,12-13,16H2,1-2H3,(H,22,23)(H,24,27). The molecule has 6 heteroatoms. The van der Waals surface area contributed by atoms with E-state index < -0.39 is 0 Å². The lowest BCUT2D eigenvalue weighted by atomic mass is 9.89. The smallest absolute Gasteiger partial charge is 0.321 e. The number of aromatic nitrogens is 2. The highest BCUT2D eigenvalue weighted by Crippen LogP contribution is 2.25. The first-order valence-corrected chi connectivity index (χ1v) is 9.91. The van der Waals surface area contributed by atoms with Crippen LogP contribution in [0.25, 0.3) is 11.1 Å². The zero-order valence-corrected chi connectivity index (χ0v) is 16.4. The van der Waals surface area contributed by atoms with Gasteiger partial charge < -0.3 is 15.1 Å². The number of anilines is 1. The fraction of sp³-hybridized carbons (Fsp3) is 0.524. The second-order valence-electron chi connectivity index (χ2n) is 7.75. The fourth-order valence-electron chi connectivity index (χ4n) is 3.64. The average Bonchev–Trinajstić information content (AvgIpc) is 3.21. The molecule has 1 aromatic heterocycles. The van der Waals surface area contributed by atoms with Crippen molar-refractivity contribution < 1.29 is 4.79 Å². The molecule has 0 spiro atoms. The first-order chi connectivity index (χ1) is 13.1. The van der Waals surface area contributed by atoms with Gasteiger partial charge in [-0.15, -0.1) is 0 Å². The van der Waals surface area contributed by atoms with Crippen molar-refractivity contribution in [2.75, 3.05) is 39.0 Å². The number of hydrogen-bond donors (Lipinski definition) is 2. The normalized spacial score (nSPS) is 15.1. The highest BCUT2D eigenvalue weighted by molar-refractivity contribution is 5.89. The highest BCUT2D eigenvalue weighted by atomic mass is 16.2. The monoisotopic (exact) mass is 369 g/mol. The maximum atomic E-state index is 12.9. The van der Waals surface area contributed by atoms with E-state index in [-0.39, 0.29) is 6.03 Å². The Hall–Kier alpha value is -2.34. The Balaban J connectivity index is 1.61. The molecule has 146 valence electrons. The number of urea groups is 1. The van der Waals surface area contributed by atoms with Gasteiger partial charge in [0.25, 0.3) is 0 Å². The molecule has 0 radical (unpaired) electrons. The quantitative estimate of drug-likeness (QED) is 0.774. The second-order valence-corrected chi connectivity index (χ2v) is 7.75. The van der Waals surface area contributed by atoms with E-state index in [9.17, 15) is 4.79 Å². The molecule has 1 fully saturated rings. The maximum Gasteiger partial charge on any atom is 0.321 e. The Labute approximate surface area is 161 Å². The van der Waals surface area contributed by atoms with Crippen molar-refractivity contribution in [3.05, 3.63) is 36.7 Å². The molecular weight excluding hydrogens is 338 g/mol. The molecule has 0 saturated heterocycles. The van der Waals surface area contributed by atoms with Crippen LogP contribution in [0.1, 0.15) is 32.1 Å². The van der Waals surface area contributed by atoms with Crippen LogP contribution in [0.15, 0.2) is 36.7 Å². The Morgan fingerprint density at radius 2 is 1.85 bits per heavy atom. The Morgan fingerprint density at radius 1 is 1.11 bits per heavy atom. The van der Waals surface area contributed by atoms with Crippen LogP contribution in [0.4, 0.5) is 10.5 Å². The lowest BCUT2D eigenvalue weighted by molar-refractivity contribution is 0.183. The van der Waals surface area contributed by atoms with Crippen LogP contribution in [-0.2, 0) is 0 Å². The van der Waals surface area contributed by atoms with Crippen molar-refractivity contribution in [2.24, 2.45) is 5.92 Å². The predicted octanol–water partition coefficient (Wildman–Crippen LogP) is 4.05. The molecule has 3 rings (SSSR count). The van der Waals surface area contributed by atoms with Crippen molar-refractivity contribution in [3.63, 3.8) is 0 Å². The number of H-pyrrole nitrogens is 1. The van der Waals surface area contributed by atoms with E-state index in [1.807, 2.05) is 49.5 Å². The van der Waals surface area contributed by atoms with Gasteiger partial charge in [-0.1, -0.05) is 31.4 Å². The van der Waals surface area contributed by atoms with Gasteiger partial charge in [0.15, 0.2) is 0 Å². The van der Waals surface area contributed by atoms with Crippen LogP contribution >= 0.6 is 0 Å². The molecule has 2 N–H and O–H groups in total. The number of aromatic amines is 1. The largest absolute Gasteiger partial charge is 0.323 e. The molecule has 0 aliphatic heterocycles. The summed E-state index contributed by atoms with van der Waals surface area (Å²) < 4.78 is 0. The van der Waals surface area contributed by atoms with Crippen molar-refractivity contribution in [1.82, 2.24) is 20.0 Å².